The Balaban J connectivity index is 1.89. The normalized spacial score (nSPS) is 14.5. The highest BCUT2D eigenvalue weighted by Crippen LogP contribution is 2.38. The summed E-state index contributed by atoms with van der Waals surface area (Å²) in [6, 6.07) is 1.85. The maximum atomic E-state index is 10.7. The standard InChI is InChI=1S/C11H15BrN4O/c1-7(17)13-4-5-14-10-6-9(12)15-11(16-10)8-2-3-8/h6,8H,2-5H2,1H3,(H,13,17)(H,14,15,16). The molecule has 1 amide bonds. The number of aromatic nitrogens is 2. The molecule has 1 fully saturated rings. The zero-order chi connectivity index (χ0) is 12.3. The third-order valence-corrected chi connectivity index (χ3v) is 2.87. The number of rotatable bonds is 5. The van der Waals surface area contributed by atoms with Gasteiger partial charge in [0.25, 0.3) is 0 Å². The number of amides is 1. The van der Waals surface area contributed by atoms with Crippen LogP contribution in [0.4, 0.5) is 5.82 Å². The van der Waals surface area contributed by atoms with Crippen LogP contribution >= 0.6 is 15.9 Å². The summed E-state index contributed by atoms with van der Waals surface area (Å²) in [5.74, 6) is 2.22. The number of halogens is 1. The monoisotopic (exact) mass is 298 g/mol. The Labute approximate surface area is 109 Å². The minimum absolute atomic E-state index is 0.0191. The van der Waals surface area contributed by atoms with Crippen LogP contribution in [-0.4, -0.2) is 29.0 Å². The summed E-state index contributed by atoms with van der Waals surface area (Å²) in [5, 5.41) is 5.89. The van der Waals surface area contributed by atoms with Crippen LogP contribution in [0, 0.1) is 0 Å². The van der Waals surface area contributed by atoms with Gasteiger partial charge in [-0.25, -0.2) is 9.97 Å². The van der Waals surface area contributed by atoms with Crippen molar-refractivity contribution < 1.29 is 4.79 Å². The average molecular weight is 299 g/mol. The zero-order valence-electron chi connectivity index (χ0n) is 9.66. The minimum Gasteiger partial charge on any atom is -0.368 e. The molecule has 92 valence electrons. The van der Waals surface area contributed by atoms with E-state index in [9.17, 15) is 4.79 Å². The number of nitrogens with one attached hydrogen (secondary N) is 2. The second-order valence-electron chi connectivity index (χ2n) is 4.12. The number of carbonyl (C=O) groups excluding carboxylic acids is 1. The molecule has 0 unspecified atom stereocenters. The third-order valence-electron chi connectivity index (χ3n) is 2.46. The minimum atomic E-state index is -0.0191. The molecule has 1 aliphatic rings. The third kappa shape index (κ3) is 3.96. The van der Waals surface area contributed by atoms with Crippen LogP contribution < -0.4 is 10.6 Å². The Hall–Kier alpha value is -1.17. The summed E-state index contributed by atoms with van der Waals surface area (Å²) in [4.78, 5) is 19.5. The molecule has 0 aliphatic heterocycles. The van der Waals surface area contributed by atoms with Crippen molar-refractivity contribution in [2.24, 2.45) is 0 Å². The second-order valence-corrected chi connectivity index (χ2v) is 4.93. The number of hydrogen-bond donors (Lipinski definition) is 2. The van der Waals surface area contributed by atoms with Crippen molar-refractivity contribution in [3.05, 3.63) is 16.5 Å². The van der Waals surface area contributed by atoms with Crippen LogP contribution in [0.5, 0.6) is 0 Å². The van der Waals surface area contributed by atoms with E-state index < -0.39 is 0 Å². The second kappa shape index (κ2) is 5.44. The highest BCUT2D eigenvalue weighted by Gasteiger charge is 2.27. The van der Waals surface area contributed by atoms with E-state index in [1.807, 2.05) is 6.07 Å². The van der Waals surface area contributed by atoms with E-state index in [0.717, 1.165) is 16.2 Å². The predicted octanol–water partition coefficient (Wildman–Crippen LogP) is 1.66. The fourth-order valence-corrected chi connectivity index (χ4v) is 1.88. The first-order chi connectivity index (χ1) is 8.15. The van der Waals surface area contributed by atoms with Crippen molar-refractivity contribution in [2.45, 2.75) is 25.7 Å². The predicted molar refractivity (Wildman–Crippen MR) is 68.9 cm³/mol. The van der Waals surface area contributed by atoms with Crippen molar-refractivity contribution in [2.75, 3.05) is 18.4 Å². The van der Waals surface area contributed by atoms with Crippen LogP contribution in [0.2, 0.25) is 0 Å². The topological polar surface area (TPSA) is 66.9 Å². The Bertz CT molecular complexity index is 420. The van der Waals surface area contributed by atoms with E-state index in [2.05, 4.69) is 36.5 Å². The number of nitrogens with zero attached hydrogens (tertiary/aromatic N) is 2. The van der Waals surface area contributed by atoms with Gasteiger partial charge in [-0.2, -0.15) is 0 Å². The van der Waals surface area contributed by atoms with Gasteiger partial charge >= 0.3 is 0 Å². The van der Waals surface area contributed by atoms with Gasteiger partial charge in [0.2, 0.25) is 5.91 Å². The van der Waals surface area contributed by atoms with Crippen molar-refractivity contribution in [3.63, 3.8) is 0 Å². The van der Waals surface area contributed by atoms with Crippen LogP contribution in [0.1, 0.15) is 31.5 Å². The SMILES string of the molecule is CC(=O)NCCNc1cc(Br)nc(C2CC2)n1. The Morgan fingerprint density at radius 3 is 2.88 bits per heavy atom. The molecule has 0 atom stereocenters. The molecule has 0 radical (unpaired) electrons. The van der Waals surface area contributed by atoms with E-state index in [0.29, 0.717) is 19.0 Å². The molecule has 5 nitrogen and oxygen atoms in total. The molecule has 0 aromatic carbocycles. The highest BCUT2D eigenvalue weighted by atomic mass is 79.9. The summed E-state index contributed by atoms with van der Waals surface area (Å²) in [7, 11) is 0. The average Bonchev–Trinajstić information content (AvgIpc) is 3.07. The van der Waals surface area contributed by atoms with Gasteiger partial charge in [0.1, 0.15) is 16.2 Å². The smallest absolute Gasteiger partial charge is 0.216 e. The lowest BCUT2D eigenvalue weighted by Crippen LogP contribution is -2.26. The molecule has 0 saturated heterocycles. The van der Waals surface area contributed by atoms with Crippen molar-refractivity contribution in [3.8, 4) is 0 Å². The molecular formula is C11H15BrN4O. The summed E-state index contributed by atoms with van der Waals surface area (Å²) in [5.41, 5.74) is 0. The molecule has 1 heterocycles. The summed E-state index contributed by atoms with van der Waals surface area (Å²) in [6.45, 7) is 2.76. The van der Waals surface area contributed by atoms with Crippen LogP contribution in [0.25, 0.3) is 0 Å². The summed E-state index contributed by atoms with van der Waals surface area (Å²) < 4.78 is 0.802. The molecule has 1 aromatic heterocycles. The van der Waals surface area contributed by atoms with Gasteiger partial charge in [-0.1, -0.05) is 0 Å². The first-order valence-corrected chi connectivity index (χ1v) is 6.47. The lowest BCUT2D eigenvalue weighted by molar-refractivity contribution is -0.118. The molecule has 6 heteroatoms. The Morgan fingerprint density at radius 1 is 1.47 bits per heavy atom. The first kappa shape index (κ1) is 12.3. The van der Waals surface area contributed by atoms with Gasteiger partial charge in [0.15, 0.2) is 0 Å². The summed E-state index contributed by atoms with van der Waals surface area (Å²) in [6.07, 6.45) is 2.36. The maximum absolute atomic E-state index is 10.7. The molecule has 0 bridgehead atoms. The maximum Gasteiger partial charge on any atom is 0.216 e. The molecule has 1 aromatic rings. The fourth-order valence-electron chi connectivity index (χ4n) is 1.48. The van der Waals surface area contributed by atoms with Gasteiger partial charge in [-0.3, -0.25) is 4.79 Å². The van der Waals surface area contributed by atoms with Gasteiger partial charge in [-0.15, -0.1) is 0 Å². The zero-order valence-corrected chi connectivity index (χ0v) is 11.2. The Morgan fingerprint density at radius 2 is 2.24 bits per heavy atom. The van der Waals surface area contributed by atoms with Gasteiger partial charge in [-0.05, 0) is 28.8 Å². The first-order valence-electron chi connectivity index (χ1n) is 5.68. The van der Waals surface area contributed by atoms with Crippen molar-refractivity contribution in [1.82, 2.24) is 15.3 Å². The van der Waals surface area contributed by atoms with Gasteiger partial charge in [0, 0.05) is 32.0 Å². The van der Waals surface area contributed by atoms with Crippen LogP contribution in [0.3, 0.4) is 0 Å². The van der Waals surface area contributed by atoms with E-state index in [4.69, 9.17) is 0 Å². The number of carbonyl (C=O) groups is 1. The molecule has 1 aliphatic carbocycles. The Kier molecular flexibility index (Phi) is 3.93. The molecule has 0 spiro atoms. The van der Waals surface area contributed by atoms with E-state index in [-0.39, 0.29) is 5.91 Å². The molecule has 2 rings (SSSR count). The lowest BCUT2D eigenvalue weighted by atomic mass is 10.4. The summed E-state index contributed by atoms with van der Waals surface area (Å²) >= 11 is 3.38. The quantitative estimate of drug-likeness (QED) is 0.641. The van der Waals surface area contributed by atoms with E-state index in [1.165, 1.54) is 19.8 Å². The van der Waals surface area contributed by atoms with E-state index in [1.54, 1.807) is 0 Å². The molecule has 2 N–H and O–H groups in total. The van der Waals surface area contributed by atoms with Crippen LogP contribution in [-0.2, 0) is 4.79 Å². The molecule has 1 saturated carbocycles. The van der Waals surface area contributed by atoms with Crippen LogP contribution in [0.15, 0.2) is 10.7 Å². The number of anilines is 1. The lowest BCUT2D eigenvalue weighted by Gasteiger charge is -2.07. The van der Waals surface area contributed by atoms with Gasteiger partial charge < -0.3 is 10.6 Å². The van der Waals surface area contributed by atoms with E-state index >= 15 is 0 Å². The van der Waals surface area contributed by atoms with Crippen molar-refractivity contribution >= 4 is 27.7 Å². The van der Waals surface area contributed by atoms with Crippen molar-refractivity contribution in [1.29, 1.82) is 0 Å². The number of hydrogen-bond acceptors (Lipinski definition) is 4. The van der Waals surface area contributed by atoms with Gasteiger partial charge in [0.05, 0.1) is 0 Å². The highest BCUT2D eigenvalue weighted by molar-refractivity contribution is 9.10. The molecular weight excluding hydrogens is 284 g/mol. The fraction of sp³-hybridized carbons (Fsp3) is 0.545. The largest absolute Gasteiger partial charge is 0.368 e. The molecule has 17 heavy (non-hydrogen) atoms.